The molecule has 2 aromatic carbocycles. The molecule has 1 unspecified atom stereocenters. The first-order valence-electron chi connectivity index (χ1n) is 7.30. The fourth-order valence-corrected chi connectivity index (χ4v) is 3.70. The van der Waals surface area contributed by atoms with Gasteiger partial charge in [-0.25, -0.2) is 21.9 Å². The minimum absolute atomic E-state index is 0.0135. The quantitative estimate of drug-likeness (QED) is 0.868. The highest BCUT2D eigenvalue weighted by atomic mass is 32.2. The van der Waals surface area contributed by atoms with Crippen LogP contribution >= 0.6 is 0 Å². The SMILES string of the molecule is CC(NS(=O)(=O)c1ccc2c(c1)NC(=O)CO2)c1ccc(F)cc1F. The Kier molecular flexibility index (Phi) is 4.44. The fourth-order valence-electron chi connectivity index (χ4n) is 2.45. The molecule has 2 N–H and O–H groups in total. The van der Waals surface area contributed by atoms with Crippen molar-refractivity contribution in [1.29, 1.82) is 0 Å². The number of halogens is 2. The summed E-state index contributed by atoms with van der Waals surface area (Å²) in [5.41, 5.74) is 0.249. The lowest BCUT2D eigenvalue weighted by Crippen LogP contribution is -2.29. The van der Waals surface area contributed by atoms with Gasteiger partial charge < -0.3 is 10.1 Å². The maximum absolute atomic E-state index is 13.8. The van der Waals surface area contributed by atoms with E-state index in [0.29, 0.717) is 11.8 Å². The summed E-state index contributed by atoms with van der Waals surface area (Å²) in [6.07, 6.45) is 0. The van der Waals surface area contributed by atoms with Crippen LogP contribution in [-0.4, -0.2) is 20.9 Å². The monoisotopic (exact) mass is 368 g/mol. The Morgan fingerprint density at radius 3 is 2.68 bits per heavy atom. The van der Waals surface area contributed by atoms with Crippen LogP contribution in [0.1, 0.15) is 18.5 Å². The van der Waals surface area contributed by atoms with E-state index in [2.05, 4.69) is 10.0 Å². The van der Waals surface area contributed by atoms with Crippen molar-refractivity contribution in [2.75, 3.05) is 11.9 Å². The third kappa shape index (κ3) is 3.62. The van der Waals surface area contributed by atoms with Crippen LogP contribution < -0.4 is 14.8 Å². The van der Waals surface area contributed by atoms with Gasteiger partial charge in [-0.3, -0.25) is 4.79 Å². The van der Waals surface area contributed by atoms with Crippen molar-refractivity contribution in [3.05, 3.63) is 53.6 Å². The largest absolute Gasteiger partial charge is 0.482 e. The highest BCUT2D eigenvalue weighted by molar-refractivity contribution is 7.89. The molecule has 0 saturated carbocycles. The minimum Gasteiger partial charge on any atom is -0.482 e. The number of hydrogen-bond acceptors (Lipinski definition) is 4. The van der Waals surface area contributed by atoms with E-state index in [-0.39, 0.29) is 22.8 Å². The van der Waals surface area contributed by atoms with E-state index in [1.54, 1.807) is 0 Å². The van der Waals surface area contributed by atoms with Crippen molar-refractivity contribution in [2.24, 2.45) is 0 Å². The van der Waals surface area contributed by atoms with Crippen molar-refractivity contribution in [2.45, 2.75) is 17.9 Å². The Balaban J connectivity index is 1.86. The molecule has 0 aromatic heterocycles. The van der Waals surface area contributed by atoms with Gasteiger partial charge in [-0.1, -0.05) is 6.07 Å². The van der Waals surface area contributed by atoms with Crippen LogP contribution in [0.3, 0.4) is 0 Å². The Hall–Kier alpha value is -2.52. The van der Waals surface area contributed by atoms with Gasteiger partial charge in [0.15, 0.2) is 6.61 Å². The summed E-state index contributed by atoms with van der Waals surface area (Å²) in [6, 6.07) is 5.98. The molecule has 25 heavy (non-hydrogen) atoms. The van der Waals surface area contributed by atoms with Crippen LogP contribution in [0.25, 0.3) is 0 Å². The third-order valence-corrected chi connectivity index (χ3v) is 5.19. The summed E-state index contributed by atoms with van der Waals surface area (Å²) in [7, 11) is -4.00. The lowest BCUT2D eigenvalue weighted by atomic mass is 10.1. The van der Waals surface area contributed by atoms with Gasteiger partial charge in [0.2, 0.25) is 10.0 Å². The number of amides is 1. The van der Waals surface area contributed by atoms with Crippen LogP contribution in [0, 0.1) is 11.6 Å². The second-order valence-electron chi connectivity index (χ2n) is 5.50. The molecule has 1 amide bonds. The molecule has 0 fully saturated rings. The van der Waals surface area contributed by atoms with Gasteiger partial charge in [0.05, 0.1) is 10.6 Å². The number of carbonyl (C=O) groups excluding carboxylic acids is 1. The van der Waals surface area contributed by atoms with Crippen molar-refractivity contribution in [1.82, 2.24) is 4.72 Å². The van der Waals surface area contributed by atoms with Crippen LogP contribution in [0.5, 0.6) is 5.75 Å². The Morgan fingerprint density at radius 1 is 1.20 bits per heavy atom. The highest BCUT2D eigenvalue weighted by Gasteiger charge is 2.23. The second kappa shape index (κ2) is 6.41. The van der Waals surface area contributed by atoms with E-state index in [4.69, 9.17) is 4.74 Å². The van der Waals surface area contributed by atoms with E-state index in [9.17, 15) is 22.0 Å². The molecule has 0 radical (unpaired) electrons. The first kappa shape index (κ1) is 17.3. The number of ether oxygens (including phenoxy) is 1. The second-order valence-corrected chi connectivity index (χ2v) is 7.22. The van der Waals surface area contributed by atoms with Gasteiger partial charge in [-0.2, -0.15) is 0 Å². The summed E-state index contributed by atoms with van der Waals surface area (Å²) >= 11 is 0. The van der Waals surface area contributed by atoms with Crippen molar-refractivity contribution in [3.63, 3.8) is 0 Å². The van der Waals surface area contributed by atoms with E-state index < -0.39 is 33.6 Å². The zero-order valence-corrected chi connectivity index (χ0v) is 13.9. The average Bonchev–Trinajstić information content (AvgIpc) is 2.53. The van der Waals surface area contributed by atoms with Crippen LogP contribution in [0.15, 0.2) is 41.3 Å². The van der Waals surface area contributed by atoms with E-state index in [1.165, 1.54) is 31.2 Å². The Bertz CT molecular complexity index is 947. The number of fused-ring (bicyclic) bond motifs is 1. The summed E-state index contributed by atoms with van der Waals surface area (Å²) in [4.78, 5) is 11.2. The molecule has 1 heterocycles. The molecule has 1 aliphatic rings. The van der Waals surface area contributed by atoms with Crippen LogP contribution in [0.2, 0.25) is 0 Å². The van der Waals surface area contributed by atoms with Gasteiger partial charge >= 0.3 is 0 Å². The van der Waals surface area contributed by atoms with E-state index in [0.717, 1.165) is 6.07 Å². The van der Waals surface area contributed by atoms with Gasteiger partial charge in [0.1, 0.15) is 17.4 Å². The molecular weight excluding hydrogens is 354 g/mol. The van der Waals surface area contributed by atoms with Gasteiger partial charge in [-0.15, -0.1) is 0 Å². The molecule has 0 saturated heterocycles. The number of sulfonamides is 1. The number of anilines is 1. The summed E-state index contributed by atoms with van der Waals surface area (Å²) < 4.78 is 59.3. The number of hydrogen-bond donors (Lipinski definition) is 2. The normalized spacial score (nSPS) is 15.1. The molecule has 2 aromatic rings. The highest BCUT2D eigenvalue weighted by Crippen LogP contribution is 2.30. The Labute approximate surface area is 142 Å². The lowest BCUT2D eigenvalue weighted by Gasteiger charge is -2.19. The zero-order valence-electron chi connectivity index (χ0n) is 13.0. The lowest BCUT2D eigenvalue weighted by molar-refractivity contribution is -0.118. The maximum Gasteiger partial charge on any atom is 0.262 e. The molecule has 6 nitrogen and oxygen atoms in total. The average molecular weight is 368 g/mol. The predicted octanol–water partition coefficient (Wildman–Crippen LogP) is 2.34. The first-order valence-corrected chi connectivity index (χ1v) is 8.78. The number of nitrogens with one attached hydrogen (secondary N) is 2. The van der Waals surface area contributed by atoms with Crippen molar-refractivity contribution >= 4 is 21.6 Å². The van der Waals surface area contributed by atoms with E-state index >= 15 is 0 Å². The molecule has 1 aliphatic heterocycles. The summed E-state index contributed by atoms with van der Waals surface area (Å²) in [5.74, 6) is -1.63. The summed E-state index contributed by atoms with van der Waals surface area (Å²) in [6.45, 7) is 1.30. The minimum atomic E-state index is -4.00. The van der Waals surface area contributed by atoms with Gasteiger partial charge in [-0.05, 0) is 31.2 Å². The molecule has 3 rings (SSSR count). The van der Waals surface area contributed by atoms with Gasteiger partial charge in [0.25, 0.3) is 5.91 Å². The first-order chi connectivity index (χ1) is 11.8. The Morgan fingerprint density at radius 2 is 1.96 bits per heavy atom. The van der Waals surface area contributed by atoms with Gasteiger partial charge in [0, 0.05) is 17.7 Å². The molecule has 1 atom stereocenters. The van der Waals surface area contributed by atoms with Crippen molar-refractivity contribution < 1.29 is 26.7 Å². The van der Waals surface area contributed by atoms with Crippen molar-refractivity contribution in [3.8, 4) is 5.75 Å². The maximum atomic E-state index is 13.8. The number of carbonyl (C=O) groups is 1. The predicted molar refractivity (Wildman–Crippen MR) is 85.7 cm³/mol. The molecule has 0 bridgehead atoms. The standard InChI is InChI=1S/C16H14F2N2O4S/c1-9(12-4-2-10(17)6-13(12)18)20-25(22,23)11-3-5-15-14(7-11)19-16(21)8-24-15/h2-7,9,20H,8H2,1H3,(H,19,21). The molecular formula is C16H14F2N2O4S. The van der Waals surface area contributed by atoms with E-state index in [1.807, 2.05) is 0 Å². The van der Waals surface area contributed by atoms with Crippen LogP contribution in [-0.2, 0) is 14.8 Å². The molecule has 9 heteroatoms. The summed E-state index contributed by atoms with van der Waals surface area (Å²) in [5, 5.41) is 2.51. The van der Waals surface area contributed by atoms with Crippen LogP contribution in [0.4, 0.5) is 14.5 Å². The third-order valence-electron chi connectivity index (χ3n) is 3.66. The molecule has 0 aliphatic carbocycles. The smallest absolute Gasteiger partial charge is 0.262 e. The molecule has 0 spiro atoms. The zero-order chi connectivity index (χ0) is 18.2. The number of benzene rings is 2. The number of rotatable bonds is 4. The topological polar surface area (TPSA) is 84.5 Å². The molecule has 132 valence electrons. The fraction of sp³-hybridized carbons (Fsp3) is 0.188.